The van der Waals surface area contributed by atoms with E-state index >= 15 is 0 Å². The molecule has 5 N–H and O–H groups in total. The van der Waals surface area contributed by atoms with E-state index in [0.29, 0.717) is 36.6 Å². The molecule has 1 fully saturated rings. The Labute approximate surface area is 212 Å². The van der Waals surface area contributed by atoms with Crippen molar-refractivity contribution in [3.8, 4) is 0 Å². The monoisotopic (exact) mass is 534 g/mol. The Hall–Kier alpha value is -3.46. The number of anilines is 3. The van der Waals surface area contributed by atoms with Crippen molar-refractivity contribution in [2.24, 2.45) is 0 Å². The van der Waals surface area contributed by atoms with Crippen molar-refractivity contribution in [3.05, 3.63) is 94.5 Å². The second kappa shape index (κ2) is 11.3. The highest BCUT2D eigenvalue weighted by atomic mass is 79.9. The number of hydrogen-bond acceptors (Lipinski definition) is 5. The van der Waals surface area contributed by atoms with E-state index in [0.717, 1.165) is 15.6 Å². The van der Waals surface area contributed by atoms with E-state index in [-0.39, 0.29) is 11.8 Å². The molecular weight excluding hydrogens is 508 g/mol. The molecule has 0 bridgehead atoms. The summed E-state index contributed by atoms with van der Waals surface area (Å²) in [6.45, 7) is 1.06. The number of halogens is 1. The lowest BCUT2D eigenvalue weighted by atomic mass is 10.0. The standard InChI is InChI=1S/C27H27BrN4O3/c28-20-10-12-21(13-11-20)30-27(35)26(32-16-15-22(33)17-32)19-8-5-18(6-9-19)7-14-25(34)31-24-4-2-1-3-23(24)29/h1-14,22,26,33H,15-17,29H2,(H,30,35)(H,31,34)/b14-7+/t22-,26?/m0/s1. The van der Waals surface area contributed by atoms with Gasteiger partial charge in [0.25, 0.3) is 0 Å². The quantitative estimate of drug-likeness (QED) is 0.265. The van der Waals surface area contributed by atoms with Gasteiger partial charge in [-0.05, 0) is 60.0 Å². The SMILES string of the molecule is Nc1ccccc1NC(=O)/C=C/c1ccc(C(C(=O)Nc2ccc(Br)cc2)N2CC[C@H](O)C2)cc1. The van der Waals surface area contributed by atoms with Crippen LogP contribution in [0, 0.1) is 0 Å². The molecule has 8 heteroatoms. The third kappa shape index (κ3) is 6.57. The zero-order valence-electron chi connectivity index (χ0n) is 19.0. The van der Waals surface area contributed by atoms with E-state index in [9.17, 15) is 14.7 Å². The molecule has 35 heavy (non-hydrogen) atoms. The lowest BCUT2D eigenvalue weighted by Crippen LogP contribution is -2.36. The second-order valence-electron chi connectivity index (χ2n) is 8.41. The van der Waals surface area contributed by atoms with E-state index in [2.05, 4.69) is 26.6 Å². The predicted octanol–water partition coefficient (Wildman–Crippen LogP) is 4.43. The van der Waals surface area contributed by atoms with E-state index in [4.69, 9.17) is 5.73 Å². The molecule has 4 rings (SSSR count). The van der Waals surface area contributed by atoms with Crippen LogP contribution in [0.2, 0.25) is 0 Å². The van der Waals surface area contributed by atoms with Crippen LogP contribution in [-0.2, 0) is 9.59 Å². The summed E-state index contributed by atoms with van der Waals surface area (Å²) in [6, 6.07) is 21.4. The summed E-state index contributed by atoms with van der Waals surface area (Å²) in [5, 5.41) is 15.8. The second-order valence-corrected chi connectivity index (χ2v) is 9.33. The summed E-state index contributed by atoms with van der Waals surface area (Å²) in [4.78, 5) is 27.5. The maximum atomic E-state index is 13.3. The maximum Gasteiger partial charge on any atom is 0.248 e. The highest BCUT2D eigenvalue weighted by Crippen LogP contribution is 2.28. The van der Waals surface area contributed by atoms with Crippen LogP contribution in [0.1, 0.15) is 23.6 Å². The van der Waals surface area contributed by atoms with Crippen molar-refractivity contribution >= 4 is 50.9 Å². The van der Waals surface area contributed by atoms with Crippen LogP contribution in [0.3, 0.4) is 0 Å². The molecule has 1 saturated heterocycles. The number of para-hydroxylation sites is 2. The Kier molecular flexibility index (Phi) is 7.97. The van der Waals surface area contributed by atoms with Crippen LogP contribution >= 0.6 is 15.9 Å². The van der Waals surface area contributed by atoms with Crippen molar-refractivity contribution in [1.29, 1.82) is 0 Å². The fourth-order valence-corrected chi connectivity index (χ4v) is 4.29. The van der Waals surface area contributed by atoms with Crippen molar-refractivity contribution in [2.75, 3.05) is 29.5 Å². The van der Waals surface area contributed by atoms with E-state index in [1.54, 1.807) is 30.3 Å². The normalized spacial score (nSPS) is 16.8. The van der Waals surface area contributed by atoms with E-state index in [1.807, 2.05) is 53.4 Å². The first-order valence-corrected chi connectivity index (χ1v) is 12.1. The van der Waals surface area contributed by atoms with Gasteiger partial charge in [0.15, 0.2) is 0 Å². The predicted molar refractivity (Wildman–Crippen MR) is 143 cm³/mol. The van der Waals surface area contributed by atoms with Gasteiger partial charge in [-0.25, -0.2) is 0 Å². The zero-order chi connectivity index (χ0) is 24.8. The number of amides is 2. The minimum Gasteiger partial charge on any atom is -0.397 e. The number of nitrogen functional groups attached to an aromatic ring is 1. The Bertz CT molecular complexity index is 1210. The summed E-state index contributed by atoms with van der Waals surface area (Å²) in [7, 11) is 0. The zero-order valence-corrected chi connectivity index (χ0v) is 20.6. The van der Waals surface area contributed by atoms with Crippen LogP contribution < -0.4 is 16.4 Å². The van der Waals surface area contributed by atoms with Gasteiger partial charge in [0.1, 0.15) is 6.04 Å². The molecule has 0 aromatic heterocycles. The lowest BCUT2D eigenvalue weighted by molar-refractivity contribution is -0.121. The van der Waals surface area contributed by atoms with Crippen molar-refractivity contribution in [2.45, 2.75) is 18.6 Å². The molecule has 3 aromatic rings. The van der Waals surface area contributed by atoms with Crippen LogP contribution in [0.25, 0.3) is 6.08 Å². The van der Waals surface area contributed by atoms with Gasteiger partial charge in [-0.3, -0.25) is 14.5 Å². The molecule has 2 amide bonds. The van der Waals surface area contributed by atoms with Gasteiger partial charge in [0.05, 0.1) is 17.5 Å². The number of aliphatic hydroxyl groups excluding tert-OH is 1. The first kappa shape index (κ1) is 24.7. The molecule has 1 unspecified atom stereocenters. The number of carbonyl (C=O) groups excluding carboxylic acids is 2. The lowest BCUT2D eigenvalue weighted by Gasteiger charge is -2.27. The number of likely N-dealkylation sites (tertiary alicyclic amines) is 1. The van der Waals surface area contributed by atoms with Gasteiger partial charge in [-0.1, -0.05) is 52.3 Å². The highest BCUT2D eigenvalue weighted by Gasteiger charge is 2.33. The molecule has 1 aliphatic rings. The molecule has 0 aliphatic carbocycles. The number of carbonyl (C=O) groups is 2. The van der Waals surface area contributed by atoms with Crippen LogP contribution in [0.4, 0.5) is 17.1 Å². The van der Waals surface area contributed by atoms with Gasteiger partial charge in [-0.15, -0.1) is 0 Å². The van der Waals surface area contributed by atoms with Gasteiger partial charge in [-0.2, -0.15) is 0 Å². The molecule has 1 heterocycles. The maximum absolute atomic E-state index is 13.3. The number of hydrogen-bond donors (Lipinski definition) is 4. The number of benzene rings is 3. The van der Waals surface area contributed by atoms with Gasteiger partial charge in [0.2, 0.25) is 11.8 Å². The summed E-state index contributed by atoms with van der Waals surface area (Å²) in [5.74, 6) is -0.450. The van der Waals surface area contributed by atoms with Crippen LogP contribution in [-0.4, -0.2) is 41.0 Å². The molecular formula is C27H27BrN4O3. The Morgan fingerprint density at radius 2 is 1.74 bits per heavy atom. The first-order valence-electron chi connectivity index (χ1n) is 11.3. The number of rotatable bonds is 7. The molecule has 0 saturated carbocycles. The minimum atomic E-state index is -0.543. The third-order valence-corrected chi connectivity index (χ3v) is 6.35. The summed E-state index contributed by atoms with van der Waals surface area (Å²) >= 11 is 3.40. The topological polar surface area (TPSA) is 108 Å². The number of nitrogens with two attached hydrogens (primary N) is 1. The average molecular weight is 535 g/mol. The summed E-state index contributed by atoms with van der Waals surface area (Å²) in [5.41, 5.74) is 9.26. The van der Waals surface area contributed by atoms with Crippen molar-refractivity contribution in [1.82, 2.24) is 4.90 Å². The molecule has 7 nitrogen and oxygen atoms in total. The Morgan fingerprint density at radius 3 is 2.40 bits per heavy atom. The largest absolute Gasteiger partial charge is 0.397 e. The average Bonchev–Trinajstić information content (AvgIpc) is 3.27. The fraction of sp³-hybridized carbons (Fsp3) is 0.185. The van der Waals surface area contributed by atoms with Gasteiger partial charge >= 0.3 is 0 Å². The Balaban J connectivity index is 1.47. The minimum absolute atomic E-state index is 0.162. The number of β-amino-alcohol motifs (C(OH)–C–C–N with tert-alkyl or cyclic N) is 1. The molecule has 0 spiro atoms. The Morgan fingerprint density at radius 1 is 1.03 bits per heavy atom. The number of nitrogens with one attached hydrogen (secondary N) is 2. The summed E-state index contributed by atoms with van der Waals surface area (Å²) < 4.78 is 0.930. The van der Waals surface area contributed by atoms with Crippen LogP contribution in [0.5, 0.6) is 0 Å². The molecule has 2 atom stereocenters. The summed E-state index contributed by atoms with van der Waals surface area (Å²) in [6.07, 6.45) is 3.33. The van der Waals surface area contributed by atoms with Crippen molar-refractivity contribution < 1.29 is 14.7 Å². The van der Waals surface area contributed by atoms with Crippen molar-refractivity contribution in [3.63, 3.8) is 0 Å². The number of nitrogens with zero attached hydrogens (tertiary/aromatic N) is 1. The van der Waals surface area contributed by atoms with E-state index in [1.165, 1.54) is 6.08 Å². The number of aliphatic hydroxyl groups is 1. The molecule has 180 valence electrons. The molecule has 0 radical (unpaired) electrons. The highest BCUT2D eigenvalue weighted by molar-refractivity contribution is 9.10. The fourth-order valence-electron chi connectivity index (χ4n) is 4.02. The molecule has 3 aromatic carbocycles. The van der Waals surface area contributed by atoms with Crippen LogP contribution in [0.15, 0.2) is 83.3 Å². The van der Waals surface area contributed by atoms with Gasteiger partial charge < -0.3 is 21.5 Å². The van der Waals surface area contributed by atoms with Gasteiger partial charge in [0, 0.05) is 29.3 Å². The third-order valence-electron chi connectivity index (χ3n) is 5.82. The smallest absolute Gasteiger partial charge is 0.248 e. The molecule has 1 aliphatic heterocycles. The van der Waals surface area contributed by atoms with E-state index < -0.39 is 12.1 Å². The first-order chi connectivity index (χ1) is 16.9.